The number of benzene rings is 4. The Morgan fingerprint density at radius 1 is 0.919 bits per heavy atom. The lowest BCUT2D eigenvalue weighted by Crippen LogP contribution is -2.41. The van der Waals surface area contributed by atoms with Gasteiger partial charge in [-0.25, -0.2) is 4.79 Å². The smallest absolute Gasteiger partial charge is 0.407 e. The number of halogens is 1. The van der Waals surface area contributed by atoms with E-state index in [1.165, 1.54) is 16.8 Å². The van der Waals surface area contributed by atoms with Gasteiger partial charge in [0.25, 0.3) is 0 Å². The molecule has 2 aliphatic heterocycles. The number of nitrogens with one attached hydrogen (secondary N) is 1. The van der Waals surface area contributed by atoms with Crippen LogP contribution in [0.3, 0.4) is 0 Å². The fraction of sp³-hybridized carbons (Fsp3) is 0.156. The maximum atomic E-state index is 12.9. The van der Waals surface area contributed by atoms with E-state index in [0.717, 1.165) is 28.8 Å². The van der Waals surface area contributed by atoms with Crippen molar-refractivity contribution in [3.05, 3.63) is 142 Å². The highest BCUT2D eigenvalue weighted by atomic mass is 35.5. The molecule has 1 N–H and O–H groups in total. The molecule has 0 aliphatic carbocycles. The van der Waals surface area contributed by atoms with Crippen LogP contribution < -0.4 is 10.2 Å². The number of hydrogen-bond donors (Lipinski definition) is 1. The molecule has 6 rings (SSSR count). The third kappa shape index (κ3) is 4.73. The van der Waals surface area contributed by atoms with Crippen LogP contribution in [0.15, 0.2) is 109 Å². The van der Waals surface area contributed by atoms with E-state index in [2.05, 4.69) is 64.8 Å². The Morgan fingerprint density at radius 2 is 1.68 bits per heavy atom. The molecule has 0 aromatic heterocycles. The minimum atomic E-state index is -0.417. The molecule has 1 amide bonds. The second kappa shape index (κ2) is 10.2. The van der Waals surface area contributed by atoms with Gasteiger partial charge >= 0.3 is 6.09 Å². The molecule has 0 spiro atoms. The third-order valence-electron chi connectivity index (χ3n) is 7.12. The number of allylic oxidation sites excluding steroid dienone is 1. The van der Waals surface area contributed by atoms with Crippen LogP contribution in [0.1, 0.15) is 46.3 Å². The van der Waals surface area contributed by atoms with Crippen LogP contribution in [0.2, 0.25) is 5.02 Å². The number of rotatable bonds is 5. The van der Waals surface area contributed by atoms with Crippen molar-refractivity contribution in [2.45, 2.75) is 31.5 Å². The van der Waals surface area contributed by atoms with Crippen LogP contribution >= 0.6 is 11.6 Å². The maximum Gasteiger partial charge on any atom is 0.407 e. The number of hydrogen-bond acceptors (Lipinski definition) is 3. The lowest BCUT2D eigenvalue weighted by Gasteiger charge is -2.46. The van der Waals surface area contributed by atoms with Gasteiger partial charge in [-0.15, -0.1) is 0 Å². The minimum Gasteiger partial charge on any atom is -0.445 e. The predicted octanol–water partition coefficient (Wildman–Crippen LogP) is 7.86. The summed E-state index contributed by atoms with van der Waals surface area (Å²) in [6.07, 6.45) is 3.40. The largest absolute Gasteiger partial charge is 0.445 e. The molecule has 0 fully saturated rings. The van der Waals surface area contributed by atoms with Crippen molar-refractivity contribution < 1.29 is 9.53 Å². The van der Waals surface area contributed by atoms with E-state index in [1.807, 2.05) is 54.6 Å². The van der Waals surface area contributed by atoms with E-state index < -0.39 is 6.09 Å². The lowest BCUT2D eigenvalue weighted by molar-refractivity contribution is 0.134. The standard InChI is InChI=1S/C32H27ClN2O2/c33-26-15-7-14-25(19-26)30-20-28(34-32(36)37-21-22-9-3-1-4-10-22)27-16-8-13-24-17-18-29(35(30)31(24)27)23-11-5-2-6-12-23/h1-16,18-19,28,30H,17,20-21H2,(H,34,36)/t28-,30-/m0/s1. The van der Waals surface area contributed by atoms with Crippen LogP contribution in [0, 0.1) is 0 Å². The Hall–Kier alpha value is -4.02. The van der Waals surface area contributed by atoms with Gasteiger partial charge in [0.15, 0.2) is 0 Å². The Kier molecular flexibility index (Phi) is 6.42. The molecule has 4 aromatic rings. The highest BCUT2D eigenvalue weighted by Crippen LogP contribution is 2.51. The summed E-state index contributed by atoms with van der Waals surface area (Å²) < 4.78 is 5.60. The molecular formula is C32H27ClN2O2. The van der Waals surface area contributed by atoms with Gasteiger partial charge < -0.3 is 15.0 Å². The van der Waals surface area contributed by atoms with Crippen molar-refractivity contribution in [1.29, 1.82) is 0 Å². The van der Waals surface area contributed by atoms with Gasteiger partial charge in [0.05, 0.1) is 17.8 Å². The molecule has 0 bridgehead atoms. The molecule has 184 valence electrons. The van der Waals surface area contributed by atoms with Crippen LogP contribution in [0.25, 0.3) is 5.70 Å². The summed E-state index contributed by atoms with van der Waals surface area (Å²) in [6.45, 7) is 0.233. The van der Waals surface area contributed by atoms with Crippen molar-refractivity contribution in [2.75, 3.05) is 4.90 Å². The average Bonchev–Trinajstić information content (AvgIpc) is 2.94. The van der Waals surface area contributed by atoms with Crippen molar-refractivity contribution in [2.24, 2.45) is 0 Å². The molecule has 4 aromatic carbocycles. The van der Waals surface area contributed by atoms with E-state index in [4.69, 9.17) is 16.3 Å². The second-order valence-corrected chi connectivity index (χ2v) is 9.89. The van der Waals surface area contributed by atoms with Crippen molar-refractivity contribution in [1.82, 2.24) is 5.32 Å². The number of carbonyl (C=O) groups is 1. The van der Waals surface area contributed by atoms with E-state index in [9.17, 15) is 4.79 Å². The zero-order valence-electron chi connectivity index (χ0n) is 20.3. The van der Waals surface area contributed by atoms with E-state index >= 15 is 0 Å². The molecule has 0 saturated carbocycles. The zero-order valence-corrected chi connectivity index (χ0v) is 21.1. The summed E-state index contributed by atoms with van der Waals surface area (Å²) in [7, 11) is 0. The average molecular weight is 507 g/mol. The van der Waals surface area contributed by atoms with Crippen LogP contribution in [0.4, 0.5) is 10.5 Å². The molecular weight excluding hydrogens is 480 g/mol. The zero-order chi connectivity index (χ0) is 25.2. The summed E-state index contributed by atoms with van der Waals surface area (Å²) >= 11 is 6.45. The van der Waals surface area contributed by atoms with Gasteiger partial charge in [-0.05, 0) is 52.8 Å². The summed E-state index contributed by atoms with van der Waals surface area (Å²) in [5.41, 5.74) is 7.93. The first kappa shape index (κ1) is 23.4. The Morgan fingerprint density at radius 3 is 2.46 bits per heavy atom. The third-order valence-corrected chi connectivity index (χ3v) is 7.36. The summed E-state index contributed by atoms with van der Waals surface area (Å²) in [4.78, 5) is 15.4. The first-order chi connectivity index (χ1) is 18.2. The van der Waals surface area contributed by atoms with Gasteiger partial charge in [-0.1, -0.05) is 109 Å². The van der Waals surface area contributed by atoms with Gasteiger partial charge in [0.1, 0.15) is 6.61 Å². The number of para-hydroxylation sites is 1. The topological polar surface area (TPSA) is 41.6 Å². The molecule has 37 heavy (non-hydrogen) atoms. The van der Waals surface area contributed by atoms with Crippen molar-refractivity contribution >= 4 is 29.1 Å². The number of ether oxygens (including phenoxy) is 1. The lowest BCUT2D eigenvalue weighted by atomic mass is 9.82. The summed E-state index contributed by atoms with van der Waals surface area (Å²) in [5, 5.41) is 3.87. The number of nitrogens with zero attached hydrogens (tertiary/aromatic N) is 1. The fourth-order valence-electron chi connectivity index (χ4n) is 5.46. The first-order valence-corrected chi connectivity index (χ1v) is 12.9. The molecule has 2 heterocycles. The molecule has 0 saturated heterocycles. The first-order valence-electron chi connectivity index (χ1n) is 12.6. The molecule has 0 unspecified atom stereocenters. The van der Waals surface area contributed by atoms with E-state index in [0.29, 0.717) is 11.4 Å². The SMILES string of the molecule is O=C(N[C@H]1C[C@@H](c2cccc(Cl)c2)N2C(c3ccccc3)=CCc3cccc1c32)OCc1ccccc1. The molecule has 5 heteroatoms. The second-order valence-electron chi connectivity index (χ2n) is 9.45. The number of amides is 1. The normalized spacial score (nSPS) is 18.0. The number of carbonyl (C=O) groups excluding carboxylic acids is 1. The van der Waals surface area contributed by atoms with Gasteiger partial charge in [0, 0.05) is 10.7 Å². The predicted molar refractivity (Wildman–Crippen MR) is 148 cm³/mol. The van der Waals surface area contributed by atoms with Gasteiger partial charge in [0.2, 0.25) is 0 Å². The quantitative estimate of drug-likeness (QED) is 0.299. The molecule has 4 nitrogen and oxygen atoms in total. The van der Waals surface area contributed by atoms with Crippen LogP contribution in [-0.4, -0.2) is 6.09 Å². The summed E-state index contributed by atoms with van der Waals surface area (Å²) in [5.74, 6) is 0. The van der Waals surface area contributed by atoms with Gasteiger partial charge in [-0.3, -0.25) is 0 Å². The van der Waals surface area contributed by atoms with Crippen molar-refractivity contribution in [3.63, 3.8) is 0 Å². The highest BCUT2D eigenvalue weighted by molar-refractivity contribution is 6.30. The maximum absolute atomic E-state index is 12.9. The van der Waals surface area contributed by atoms with Crippen molar-refractivity contribution in [3.8, 4) is 0 Å². The Balaban J connectivity index is 1.38. The highest BCUT2D eigenvalue weighted by Gasteiger charge is 2.39. The molecule has 2 atom stereocenters. The minimum absolute atomic E-state index is 0.0153. The summed E-state index contributed by atoms with van der Waals surface area (Å²) in [6, 6.07) is 34.4. The van der Waals surface area contributed by atoms with E-state index in [-0.39, 0.29) is 18.7 Å². The molecule has 0 radical (unpaired) electrons. The van der Waals surface area contributed by atoms with Crippen LogP contribution in [-0.2, 0) is 17.8 Å². The Bertz CT molecular complexity index is 1450. The van der Waals surface area contributed by atoms with Gasteiger partial charge in [-0.2, -0.15) is 0 Å². The Labute approximate surface area is 222 Å². The fourth-order valence-corrected chi connectivity index (χ4v) is 5.66. The van der Waals surface area contributed by atoms with Crippen LogP contribution in [0.5, 0.6) is 0 Å². The number of anilines is 1. The molecule has 2 aliphatic rings. The van der Waals surface area contributed by atoms with E-state index in [1.54, 1.807) is 0 Å². The number of alkyl carbamates (subject to hydrolysis) is 1. The monoisotopic (exact) mass is 506 g/mol.